The Hall–Kier alpha value is -2.04. The summed E-state index contributed by atoms with van der Waals surface area (Å²) in [5.74, 6) is -0.196. The Morgan fingerprint density at radius 2 is 1.71 bits per heavy atom. The van der Waals surface area contributed by atoms with E-state index in [1.165, 1.54) is 4.90 Å². The highest BCUT2D eigenvalue weighted by Crippen LogP contribution is 2.22. The van der Waals surface area contributed by atoms with Gasteiger partial charge in [0.05, 0.1) is 0 Å². The maximum Gasteiger partial charge on any atom is 0.253 e. The molecule has 0 aliphatic heterocycles. The highest BCUT2D eigenvalue weighted by atomic mass is 35.5. The van der Waals surface area contributed by atoms with E-state index in [1.807, 2.05) is 6.07 Å². The molecule has 4 nitrogen and oxygen atoms in total. The molecule has 0 heterocycles. The molecule has 0 aliphatic carbocycles. The van der Waals surface area contributed by atoms with Crippen LogP contribution in [0.15, 0.2) is 42.5 Å². The van der Waals surface area contributed by atoms with Gasteiger partial charge in [-0.25, -0.2) is 0 Å². The fourth-order valence-corrected chi connectivity index (χ4v) is 2.65. The lowest BCUT2D eigenvalue weighted by Gasteiger charge is -2.11. The number of amides is 2. The van der Waals surface area contributed by atoms with Gasteiger partial charge in [0.25, 0.3) is 5.91 Å². The Balaban J connectivity index is 1.91. The van der Waals surface area contributed by atoms with Gasteiger partial charge in [-0.2, -0.15) is 0 Å². The lowest BCUT2D eigenvalue weighted by Crippen LogP contribution is -2.21. The van der Waals surface area contributed by atoms with Crippen molar-refractivity contribution < 1.29 is 9.59 Å². The summed E-state index contributed by atoms with van der Waals surface area (Å²) in [6.45, 7) is 0. The molecule has 2 amide bonds. The van der Waals surface area contributed by atoms with Crippen molar-refractivity contribution in [3.05, 3.63) is 63.6 Å². The summed E-state index contributed by atoms with van der Waals surface area (Å²) in [6.07, 6.45) is 0.832. The number of carbonyl (C=O) groups excluding carboxylic acids is 2. The second-order valence-corrected chi connectivity index (χ2v) is 6.40. The number of hydrogen-bond acceptors (Lipinski definition) is 2. The van der Waals surface area contributed by atoms with E-state index >= 15 is 0 Å². The van der Waals surface area contributed by atoms with Gasteiger partial charge in [0.2, 0.25) is 5.91 Å². The van der Waals surface area contributed by atoms with Crippen LogP contribution in [-0.2, 0) is 11.2 Å². The fourth-order valence-electron chi connectivity index (χ4n) is 2.15. The third-order valence-corrected chi connectivity index (χ3v) is 4.05. The van der Waals surface area contributed by atoms with E-state index < -0.39 is 0 Å². The van der Waals surface area contributed by atoms with Crippen LogP contribution in [0.1, 0.15) is 22.3 Å². The van der Waals surface area contributed by atoms with E-state index in [9.17, 15) is 9.59 Å². The summed E-state index contributed by atoms with van der Waals surface area (Å²) >= 11 is 11.9. The van der Waals surface area contributed by atoms with Crippen LogP contribution in [0.2, 0.25) is 10.0 Å². The van der Waals surface area contributed by atoms with Gasteiger partial charge in [-0.05, 0) is 48.4 Å². The molecular formula is C18H18Cl2N2O2. The standard InChI is InChI=1S/C18H18Cl2N2O2/c1-22(2)18(24)13-4-8-15(9-5-13)21-17(23)10-6-12-3-7-14(19)11-16(12)20/h3-5,7-9,11H,6,10H2,1-2H3,(H,21,23). The predicted octanol–water partition coefficient (Wildman–Crippen LogP) is 4.27. The molecule has 1 N–H and O–H groups in total. The Bertz CT molecular complexity index is 743. The van der Waals surface area contributed by atoms with Crippen molar-refractivity contribution in [1.29, 1.82) is 0 Å². The van der Waals surface area contributed by atoms with E-state index in [-0.39, 0.29) is 11.8 Å². The van der Waals surface area contributed by atoms with Crippen molar-refractivity contribution in [1.82, 2.24) is 4.90 Å². The molecule has 6 heteroatoms. The molecule has 0 bridgehead atoms. The molecule has 2 aromatic carbocycles. The SMILES string of the molecule is CN(C)C(=O)c1ccc(NC(=O)CCc2ccc(Cl)cc2Cl)cc1. The molecule has 0 saturated heterocycles. The van der Waals surface area contributed by atoms with Gasteiger partial charge in [0.1, 0.15) is 0 Å². The molecule has 0 saturated carbocycles. The van der Waals surface area contributed by atoms with Crippen LogP contribution < -0.4 is 5.32 Å². The lowest BCUT2D eigenvalue weighted by molar-refractivity contribution is -0.116. The van der Waals surface area contributed by atoms with Crippen LogP contribution in [0.5, 0.6) is 0 Å². The summed E-state index contributed by atoms with van der Waals surface area (Å²) < 4.78 is 0. The Morgan fingerprint density at radius 1 is 1.04 bits per heavy atom. The third-order valence-electron chi connectivity index (χ3n) is 3.46. The zero-order valence-electron chi connectivity index (χ0n) is 13.5. The summed E-state index contributed by atoms with van der Waals surface area (Å²) in [7, 11) is 3.39. The highest BCUT2D eigenvalue weighted by Gasteiger charge is 2.09. The molecule has 0 aromatic heterocycles. The molecule has 2 aromatic rings. The largest absolute Gasteiger partial charge is 0.345 e. The first-order valence-corrected chi connectivity index (χ1v) is 8.18. The molecule has 0 fully saturated rings. The second kappa shape index (κ2) is 8.18. The fraction of sp³-hybridized carbons (Fsp3) is 0.222. The minimum Gasteiger partial charge on any atom is -0.345 e. The van der Waals surface area contributed by atoms with Crippen molar-refractivity contribution in [3.63, 3.8) is 0 Å². The Kier molecular flexibility index (Phi) is 6.23. The summed E-state index contributed by atoms with van der Waals surface area (Å²) in [4.78, 5) is 25.3. The van der Waals surface area contributed by atoms with Gasteiger partial charge in [-0.3, -0.25) is 9.59 Å². The first-order valence-electron chi connectivity index (χ1n) is 7.42. The quantitative estimate of drug-likeness (QED) is 0.861. The van der Waals surface area contributed by atoms with Gasteiger partial charge in [-0.1, -0.05) is 29.3 Å². The van der Waals surface area contributed by atoms with Crippen LogP contribution in [0.25, 0.3) is 0 Å². The van der Waals surface area contributed by atoms with Gasteiger partial charge in [0, 0.05) is 41.8 Å². The van der Waals surface area contributed by atoms with Gasteiger partial charge in [-0.15, -0.1) is 0 Å². The van der Waals surface area contributed by atoms with Crippen molar-refractivity contribution in [2.45, 2.75) is 12.8 Å². The minimum atomic E-state index is -0.118. The van der Waals surface area contributed by atoms with Crippen LogP contribution >= 0.6 is 23.2 Å². The average molecular weight is 365 g/mol. The van der Waals surface area contributed by atoms with Crippen molar-refractivity contribution in [2.24, 2.45) is 0 Å². The monoisotopic (exact) mass is 364 g/mol. The number of benzene rings is 2. The number of hydrogen-bond donors (Lipinski definition) is 1. The second-order valence-electron chi connectivity index (χ2n) is 5.56. The zero-order valence-corrected chi connectivity index (χ0v) is 15.0. The number of aryl methyl sites for hydroxylation is 1. The van der Waals surface area contributed by atoms with E-state index in [1.54, 1.807) is 50.5 Å². The molecule has 0 radical (unpaired) electrons. The molecule has 0 unspecified atom stereocenters. The molecule has 2 rings (SSSR count). The molecule has 0 aliphatic rings. The van der Waals surface area contributed by atoms with E-state index in [0.29, 0.717) is 34.1 Å². The number of rotatable bonds is 5. The number of carbonyl (C=O) groups is 2. The first kappa shape index (κ1) is 18.3. The maximum atomic E-state index is 12.0. The average Bonchev–Trinajstić information content (AvgIpc) is 2.54. The Morgan fingerprint density at radius 3 is 2.29 bits per heavy atom. The molecule has 24 heavy (non-hydrogen) atoms. The van der Waals surface area contributed by atoms with Gasteiger partial charge >= 0.3 is 0 Å². The van der Waals surface area contributed by atoms with Crippen LogP contribution in [0.4, 0.5) is 5.69 Å². The zero-order chi connectivity index (χ0) is 17.7. The molecule has 0 spiro atoms. The predicted molar refractivity (Wildman–Crippen MR) is 97.9 cm³/mol. The lowest BCUT2D eigenvalue weighted by atomic mass is 10.1. The summed E-state index contributed by atoms with van der Waals surface area (Å²) in [5.41, 5.74) is 2.10. The van der Waals surface area contributed by atoms with Crippen LogP contribution in [0, 0.1) is 0 Å². The van der Waals surface area contributed by atoms with E-state index in [0.717, 1.165) is 5.56 Å². The Labute approximate surface area is 151 Å². The molecule has 126 valence electrons. The topological polar surface area (TPSA) is 49.4 Å². The summed E-state index contributed by atoms with van der Waals surface area (Å²) in [5, 5.41) is 3.93. The van der Waals surface area contributed by atoms with Crippen molar-refractivity contribution in [3.8, 4) is 0 Å². The number of nitrogens with zero attached hydrogens (tertiary/aromatic N) is 1. The number of halogens is 2. The molecule has 0 atom stereocenters. The van der Waals surface area contributed by atoms with Crippen molar-refractivity contribution in [2.75, 3.05) is 19.4 Å². The smallest absolute Gasteiger partial charge is 0.253 e. The number of nitrogens with one attached hydrogen (secondary N) is 1. The third kappa shape index (κ3) is 4.98. The highest BCUT2D eigenvalue weighted by molar-refractivity contribution is 6.35. The molecular weight excluding hydrogens is 347 g/mol. The van der Waals surface area contributed by atoms with Gasteiger partial charge in [0.15, 0.2) is 0 Å². The number of anilines is 1. The van der Waals surface area contributed by atoms with E-state index in [2.05, 4.69) is 5.32 Å². The van der Waals surface area contributed by atoms with Crippen LogP contribution in [0.3, 0.4) is 0 Å². The van der Waals surface area contributed by atoms with Gasteiger partial charge < -0.3 is 10.2 Å². The van der Waals surface area contributed by atoms with Crippen LogP contribution in [-0.4, -0.2) is 30.8 Å². The van der Waals surface area contributed by atoms with Crippen molar-refractivity contribution >= 4 is 40.7 Å². The maximum absolute atomic E-state index is 12.0. The summed E-state index contributed by atoms with van der Waals surface area (Å²) in [6, 6.07) is 12.0. The minimum absolute atomic E-state index is 0.0785. The first-order chi connectivity index (χ1) is 11.4. The van der Waals surface area contributed by atoms with E-state index in [4.69, 9.17) is 23.2 Å². The normalized spacial score (nSPS) is 10.3.